The van der Waals surface area contributed by atoms with Gasteiger partial charge in [0.25, 0.3) is 0 Å². The van der Waals surface area contributed by atoms with Crippen molar-refractivity contribution in [2.45, 2.75) is 77.7 Å². The fourth-order valence-corrected chi connectivity index (χ4v) is 7.50. The van der Waals surface area contributed by atoms with E-state index in [1.54, 1.807) is 6.07 Å². The number of fused-ring (bicyclic) bond motifs is 5. The van der Waals surface area contributed by atoms with E-state index in [-0.39, 0.29) is 11.2 Å². The molecule has 8 heteroatoms. The van der Waals surface area contributed by atoms with Crippen molar-refractivity contribution in [3.8, 4) is 11.5 Å². The van der Waals surface area contributed by atoms with Crippen molar-refractivity contribution in [3.63, 3.8) is 0 Å². The molecule has 0 saturated heterocycles. The van der Waals surface area contributed by atoms with E-state index >= 15 is 0 Å². The van der Waals surface area contributed by atoms with Gasteiger partial charge in [0.1, 0.15) is 0 Å². The predicted octanol–water partition coefficient (Wildman–Crippen LogP) is 4.11. The maximum atomic E-state index is 12.1. The van der Waals surface area contributed by atoms with E-state index in [1.165, 1.54) is 25.5 Å². The number of hydrogen-bond acceptors (Lipinski definition) is 6. The molecule has 3 aliphatic carbocycles. The van der Waals surface area contributed by atoms with Crippen molar-refractivity contribution in [1.29, 1.82) is 0 Å². The zero-order valence-corrected chi connectivity index (χ0v) is 20.3. The number of amides is 1. The summed E-state index contributed by atoms with van der Waals surface area (Å²) in [6.07, 6.45) is 8.18. The Morgan fingerprint density at radius 2 is 1.97 bits per heavy atom. The molecule has 7 nitrogen and oxygen atoms in total. The molecule has 0 aromatic heterocycles. The molecule has 0 radical (unpaired) electrons. The Morgan fingerprint density at radius 1 is 1.19 bits per heavy atom. The lowest BCUT2D eigenvalue weighted by molar-refractivity contribution is -0.126. The Labute approximate surface area is 191 Å². The summed E-state index contributed by atoms with van der Waals surface area (Å²) >= 11 is 0. The van der Waals surface area contributed by atoms with Crippen molar-refractivity contribution in [2.24, 2.45) is 17.3 Å². The van der Waals surface area contributed by atoms with Crippen LogP contribution in [0.3, 0.4) is 0 Å². The Balaban J connectivity index is 1.63. The number of carbonyl (C=O) groups is 1. The fourth-order valence-electron chi connectivity index (χ4n) is 6.74. The molecule has 3 unspecified atom stereocenters. The summed E-state index contributed by atoms with van der Waals surface area (Å²) in [6.45, 7) is 6.43. The van der Waals surface area contributed by atoms with Crippen molar-refractivity contribution in [3.05, 3.63) is 23.3 Å². The van der Waals surface area contributed by atoms with Crippen LogP contribution in [-0.2, 0) is 26.3 Å². The average molecular weight is 466 g/mol. The molecule has 1 amide bonds. The highest BCUT2D eigenvalue weighted by atomic mass is 32.2. The van der Waals surface area contributed by atoms with Gasteiger partial charge in [-0.1, -0.05) is 13.3 Å². The predicted molar refractivity (Wildman–Crippen MR) is 121 cm³/mol. The van der Waals surface area contributed by atoms with Gasteiger partial charge < -0.3 is 13.7 Å². The lowest BCUT2D eigenvalue weighted by Gasteiger charge is -2.57. The van der Waals surface area contributed by atoms with Gasteiger partial charge in [0.2, 0.25) is 5.91 Å². The lowest BCUT2D eigenvalue weighted by atomic mass is 9.50. The van der Waals surface area contributed by atoms with Gasteiger partial charge in [-0.25, -0.2) is 4.72 Å². The minimum Gasteiger partial charge on any atom is -0.493 e. The van der Waals surface area contributed by atoms with Crippen LogP contribution in [0.15, 0.2) is 12.1 Å². The summed E-state index contributed by atoms with van der Waals surface area (Å²) < 4.78 is 43.0. The van der Waals surface area contributed by atoms with Crippen molar-refractivity contribution in [1.82, 2.24) is 4.72 Å². The van der Waals surface area contributed by atoms with Crippen molar-refractivity contribution < 1.29 is 26.9 Å². The number of benzene rings is 1. The highest BCUT2D eigenvalue weighted by molar-refractivity contribution is 7.85. The second kappa shape index (κ2) is 8.86. The molecule has 2 saturated carbocycles. The third kappa shape index (κ3) is 4.23. The largest absolute Gasteiger partial charge is 0.493 e. The molecule has 1 N–H and O–H groups in total. The summed E-state index contributed by atoms with van der Waals surface area (Å²) in [4.78, 5) is 11.2. The number of nitrogens with one attached hydrogen (secondary N) is 1. The third-order valence-electron chi connectivity index (χ3n) is 8.00. The van der Waals surface area contributed by atoms with Gasteiger partial charge in [-0.3, -0.25) is 4.79 Å². The monoisotopic (exact) mass is 465 g/mol. The number of carbonyl (C=O) groups excluding carboxylic acids is 1. The Morgan fingerprint density at radius 3 is 2.66 bits per heavy atom. The number of aryl methyl sites for hydroxylation is 1. The maximum absolute atomic E-state index is 12.1. The lowest BCUT2D eigenvalue weighted by Crippen LogP contribution is -2.51. The van der Waals surface area contributed by atoms with Gasteiger partial charge in [-0.05, 0) is 91.9 Å². The maximum Gasteiger partial charge on any atom is 0.409 e. The van der Waals surface area contributed by atoms with E-state index in [0.717, 1.165) is 51.2 Å². The van der Waals surface area contributed by atoms with Gasteiger partial charge >= 0.3 is 10.3 Å². The highest BCUT2D eigenvalue weighted by Crippen LogP contribution is 2.60. The van der Waals surface area contributed by atoms with Crippen LogP contribution in [0.4, 0.5) is 0 Å². The van der Waals surface area contributed by atoms with Gasteiger partial charge in [-0.15, -0.1) is 0 Å². The molecule has 1 aromatic carbocycles. The van der Waals surface area contributed by atoms with Gasteiger partial charge in [0, 0.05) is 13.5 Å². The molecule has 2 fully saturated rings. The van der Waals surface area contributed by atoms with E-state index in [9.17, 15) is 13.2 Å². The molecule has 4 rings (SSSR count). The third-order valence-corrected chi connectivity index (χ3v) is 8.94. The van der Waals surface area contributed by atoms with Crippen LogP contribution in [0.25, 0.3) is 0 Å². The van der Waals surface area contributed by atoms with E-state index in [2.05, 4.69) is 13.8 Å². The van der Waals surface area contributed by atoms with Crippen LogP contribution < -0.4 is 13.6 Å². The number of rotatable bonds is 6. The second-order valence-electron chi connectivity index (χ2n) is 9.73. The molecule has 0 heterocycles. The van der Waals surface area contributed by atoms with Gasteiger partial charge in [-0.2, -0.15) is 8.42 Å². The summed E-state index contributed by atoms with van der Waals surface area (Å²) in [5.41, 5.74) is 2.59. The summed E-state index contributed by atoms with van der Waals surface area (Å²) in [7, 11) is -2.74. The summed E-state index contributed by atoms with van der Waals surface area (Å²) in [6, 6.07) is 3.73. The quantitative estimate of drug-likeness (QED) is 0.680. The van der Waals surface area contributed by atoms with E-state index < -0.39 is 16.2 Å². The molecule has 0 aliphatic heterocycles. The van der Waals surface area contributed by atoms with Crippen molar-refractivity contribution >= 4 is 16.2 Å². The minimum absolute atomic E-state index is 0.119. The molecule has 0 spiro atoms. The molecular formula is C24H35NO6S. The number of methoxy groups -OCH3 is 1. The summed E-state index contributed by atoms with van der Waals surface area (Å²) in [5.74, 6) is 1.47. The standard InChI is InChI=1S/C24H35NO6S/c1-5-30-23-8-6-7-20-18-10-9-16-13-22(31-32(27,28)25-15(2)26)21(29-4)14-19(16)17(18)11-12-24(20,23)3/h13-14,17-18,20,23H,5-12H2,1-4H3,(H,25,26)/t17?,18?,20?,23-,24-/m0/s1. The first kappa shape index (κ1) is 23.4. The zero-order chi connectivity index (χ0) is 23.1. The first-order valence-corrected chi connectivity index (χ1v) is 13.1. The normalized spacial score (nSPS) is 31.6. The zero-order valence-electron chi connectivity index (χ0n) is 19.5. The van der Waals surface area contributed by atoms with Gasteiger partial charge in [0.15, 0.2) is 11.5 Å². The number of ether oxygens (including phenoxy) is 2. The van der Waals surface area contributed by atoms with Crippen molar-refractivity contribution in [2.75, 3.05) is 13.7 Å². The smallest absolute Gasteiger partial charge is 0.409 e. The SMILES string of the molecule is CCO[C@H]1CCCC2C3CCc4cc(OS(=O)(=O)NC(C)=O)c(OC)cc4C3CC[C@@]21C. The highest BCUT2D eigenvalue weighted by Gasteiger charge is 2.53. The molecule has 3 aliphatic rings. The van der Waals surface area contributed by atoms with Crippen LogP contribution in [0.1, 0.15) is 76.3 Å². The van der Waals surface area contributed by atoms with Crippen LogP contribution in [0, 0.1) is 17.3 Å². The van der Waals surface area contributed by atoms with Crippen LogP contribution in [-0.4, -0.2) is 34.1 Å². The summed E-state index contributed by atoms with van der Waals surface area (Å²) in [5, 5.41) is 0. The average Bonchev–Trinajstić information content (AvgIpc) is 2.72. The van der Waals surface area contributed by atoms with Crippen LogP contribution >= 0.6 is 0 Å². The molecule has 178 valence electrons. The minimum atomic E-state index is -4.25. The first-order valence-electron chi connectivity index (χ1n) is 11.7. The van der Waals surface area contributed by atoms with E-state index in [1.807, 2.05) is 10.8 Å². The number of hydrogen-bond donors (Lipinski definition) is 1. The Kier molecular flexibility index (Phi) is 6.47. The first-order chi connectivity index (χ1) is 15.2. The van der Waals surface area contributed by atoms with Crippen LogP contribution in [0.5, 0.6) is 11.5 Å². The van der Waals surface area contributed by atoms with E-state index in [4.69, 9.17) is 13.7 Å². The van der Waals surface area contributed by atoms with Crippen LogP contribution in [0.2, 0.25) is 0 Å². The second-order valence-corrected chi connectivity index (χ2v) is 11.0. The Bertz CT molecular complexity index is 975. The van der Waals surface area contributed by atoms with E-state index in [0.29, 0.717) is 29.6 Å². The topological polar surface area (TPSA) is 90.9 Å². The Hall–Kier alpha value is -1.80. The molecular weight excluding hydrogens is 430 g/mol. The van der Waals surface area contributed by atoms with Gasteiger partial charge in [0.05, 0.1) is 13.2 Å². The molecule has 1 aromatic rings. The fraction of sp³-hybridized carbons (Fsp3) is 0.708. The molecule has 32 heavy (non-hydrogen) atoms. The molecule has 5 atom stereocenters. The molecule has 0 bridgehead atoms.